The molecule has 124 valence electrons. The van der Waals surface area contributed by atoms with Gasteiger partial charge in [0.05, 0.1) is 19.7 Å². The molecule has 3 rings (SSSR count). The molecular formula is C16H19FN2O4. The van der Waals surface area contributed by atoms with E-state index in [1.807, 2.05) is 0 Å². The van der Waals surface area contributed by atoms with Crippen molar-refractivity contribution < 1.29 is 23.8 Å². The summed E-state index contributed by atoms with van der Waals surface area (Å²) in [6.45, 7) is 0.743. The first-order valence-corrected chi connectivity index (χ1v) is 7.64. The molecule has 1 aromatic rings. The molecule has 0 aliphatic carbocycles. The Bertz CT molecular complexity index is 616. The average molecular weight is 322 g/mol. The Labute approximate surface area is 133 Å². The molecule has 0 radical (unpaired) electrons. The maximum Gasteiger partial charge on any atom is 0.253 e. The summed E-state index contributed by atoms with van der Waals surface area (Å²) < 4.78 is 19.0. The second kappa shape index (κ2) is 6.25. The van der Waals surface area contributed by atoms with Crippen LogP contribution in [-0.2, 0) is 14.3 Å². The highest BCUT2D eigenvalue weighted by Crippen LogP contribution is 2.38. The number of nitrogens with one attached hydrogen (secondary N) is 1. The third-order valence-corrected chi connectivity index (χ3v) is 4.28. The summed E-state index contributed by atoms with van der Waals surface area (Å²) in [5, 5.41) is 11.4. The lowest BCUT2D eigenvalue weighted by Crippen LogP contribution is -2.63. The lowest BCUT2D eigenvalue weighted by atomic mass is 9.90. The second-order valence-electron chi connectivity index (χ2n) is 6.05. The quantitative estimate of drug-likeness (QED) is 0.863. The van der Waals surface area contributed by atoms with Crippen LogP contribution in [-0.4, -0.2) is 53.2 Å². The lowest BCUT2D eigenvalue weighted by molar-refractivity contribution is -0.168. The molecule has 2 heterocycles. The fourth-order valence-electron chi connectivity index (χ4n) is 3.10. The van der Waals surface area contributed by atoms with Gasteiger partial charge in [-0.05, 0) is 31.0 Å². The van der Waals surface area contributed by atoms with Crippen molar-refractivity contribution in [1.29, 1.82) is 0 Å². The number of anilines is 1. The van der Waals surface area contributed by atoms with Gasteiger partial charge in [-0.2, -0.15) is 0 Å². The molecule has 0 saturated carbocycles. The first-order valence-electron chi connectivity index (χ1n) is 7.64. The van der Waals surface area contributed by atoms with Crippen LogP contribution in [0.25, 0.3) is 0 Å². The van der Waals surface area contributed by atoms with Gasteiger partial charge in [0.15, 0.2) is 0 Å². The maximum atomic E-state index is 13.1. The minimum absolute atomic E-state index is 0.102. The highest BCUT2D eigenvalue weighted by molar-refractivity contribution is 5.94. The lowest BCUT2D eigenvalue weighted by Gasteiger charge is -2.47. The van der Waals surface area contributed by atoms with Gasteiger partial charge in [-0.15, -0.1) is 0 Å². The van der Waals surface area contributed by atoms with E-state index in [1.165, 1.54) is 18.2 Å². The molecule has 2 aliphatic heterocycles. The largest absolute Gasteiger partial charge is 0.396 e. The Balaban J connectivity index is 1.52. The number of aliphatic hydroxyl groups excluding tert-OH is 1. The van der Waals surface area contributed by atoms with Crippen LogP contribution >= 0.6 is 0 Å². The Morgan fingerprint density at radius 3 is 2.91 bits per heavy atom. The molecule has 7 heteroatoms. The zero-order valence-electron chi connectivity index (χ0n) is 12.6. The van der Waals surface area contributed by atoms with Gasteiger partial charge in [-0.25, -0.2) is 4.39 Å². The number of nitrogens with zero attached hydrogens (tertiary/aromatic N) is 1. The zero-order chi connectivity index (χ0) is 16.4. The number of hydrogen-bond donors (Lipinski definition) is 2. The summed E-state index contributed by atoms with van der Waals surface area (Å²) in [5.74, 6) is -0.814. The van der Waals surface area contributed by atoms with Crippen LogP contribution in [0, 0.1) is 5.82 Å². The minimum atomic E-state index is -0.589. The van der Waals surface area contributed by atoms with Crippen molar-refractivity contribution in [3.8, 4) is 0 Å². The first-order chi connectivity index (χ1) is 11.0. The van der Waals surface area contributed by atoms with Gasteiger partial charge in [-0.3, -0.25) is 9.59 Å². The Morgan fingerprint density at radius 1 is 1.43 bits per heavy atom. The molecule has 2 amide bonds. The van der Waals surface area contributed by atoms with E-state index in [1.54, 1.807) is 11.0 Å². The molecule has 0 unspecified atom stereocenters. The number of amides is 2. The minimum Gasteiger partial charge on any atom is -0.396 e. The molecule has 2 saturated heterocycles. The van der Waals surface area contributed by atoms with E-state index < -0.39 is 17.5 Å². The van der Waals surface area contributed by atoms with E-state index in [0.717, 1.165) is 0 Å². The standard InChI is InChI=1S/C16H19FN2O4/c17-11-2-1-3-12(8-11)18-15(22)13-4-6-16(23-13)9-19(10-16)14(21)5-7-20/h1-3,8,13,20H,4-7,9-10H2,(H,18,22)/t13-/m0/s1. The number of hydrogen-bond acceptors (Lipinski definition) is 4. The first kappa shape index (κ1) is 15.9. The summed E-state index contributed by atoms with van der Waals surface area (Å²) in [6.07, 6.45) is 0.799. The number of likely N-dealkylation sites (tertiary alicyclic amines) is 1. The summed E-state index contributed by atoms with van der Waals surface area (Å²) in [5.41, 5.74) is -0.0531. The average Bonchev–Trinajstić information content (AvgIpc) is 2.91. The van der Waals surface area contributed by atoms with Crippen molar-refractivity contribution in [1.82, 2.24) is 4.90 Å². The van der Waals surface area contributed by atoms with Crippen molar-refractivity contribution in [2.75, 3.05) is 25.0 Å². The van der Waals surface area contributed by atoms with Crippen LogP contribution in [0.5, 0.6) is 0 Å². The number of aliphatic hydroxyl groups is 1. The van der Waals surface area contributed by atoms with Crippen molar-refractivity contribution in [3.05, 3.63) is 30.1 Å². The third kappa shape index (κ3) is 3.35. The summed E-state index contributed by atoms with van der Waals surface area (Å²) >= 11 is 0. The van der Waals surface area contributed by atoms with Crippen LogP contribution in [0.1, 0.15) is 19.3 Å². The Hall–Kier alpha value is -1.99. The van der Waals surface area contributed by atoms with Crippen LogP contribution in [0.2, 0.25) is 0 Å². The predicted molar refractivity (Wildman–Crippen MR) is 80.2 cm³/mol. The Morgan fingerprint density at radius 2 is 2.22 bits per heavy atom. The zero-order valence-corrected chi connectivity index (χ0v) is 12.6. The number of ether oxygens (including phenoxy) is 1. The van der Waals surface area contributed by atoms with Crippen LogP contribution < -0.4 is 5.32 Å². The SMILES string of the molecule is O=C(Nc1cccc(F)c1)[C@@H]1CCC2(CN(C(=O)CCO)C2)O1. The monoisotopic (exact) mass is 322 g/mol. The molecular weight excluding hydrogens is 303 g/mol. The molecule has 23 heavy (non-hydrogen) atoms. The summed E-state index contributed by atoms with van der Waals surface area (Å²) in [6, 6.07) is 5.70. The summed E-state index contributed by atoms with van der Waals surface area (Å²) in [7, 11) is 0. The highest BCUT2D eigenvalue weighted by atomic mass is 19.1. The van der Waals surface area contributed by atoms with Gasteiger partial charge in [-0.1, -0.05) is 6.07 Å². The Kier molecular flexibility index (Phi) is 4.32. The predicted octanol–water partition coefficient (Wildman–Crippen LogP) is 0.907. The van der Waals surface area contributed by atoms with Crippen LogP contribution in [0.15, 0.2) is 24.3 Å². The molecule has 1 atom stereocenters. The number of halogens is 1. The highest BCUT2D eigenvalue weighted by Gasteiger charge is 2.52. The van der Waals surface area contributed by atoms with E-state index in [2.05, 4.69) is 5.32 Å². The van der Waals surface area contributed by atoms with Crippen LogP contribution in [0.3, 0.4) is 0 Å². The number of carbonyl (C=O) groups is 2. The van der Waals surface area contributed by atoms with E-state index in [0.29, 0.717) is 31.6 Å². The normalized spacial score (nSPS) is 22.0. The van der Waals surface area contributed by atoms with Crippen molar-refractivity contribution in [3.63, 3.8) is 0 Å². The number of rotatable bonds is 4. The molecule has 2 fully saturated rings. The van der Waals surface area contributed by atoms with E-state index in [4.69, 9.17) is 9.84 Å². The van der Waals surface area contributed by atoms with Crippen molar-refractivity contribution in [2.24, 2.45) is 0 Å². The van der Waals surface area contributed by atoms with Gasteiger partial charge in [0.2, 0.25) is 5.91 Å². The van der Waals surface area contributed by atoms with E-state index >= 15 is 0 Å². The van der Waals surface area contributed by atoms with E-state index in [9.17, 15) is 14.0 Å². The molecule has 2 aliphatic rings. The number of benzene rings is 1. The van der Waals surface area contributed by atoms with Gasteiger partial charge in [0.1, 0.15) is 17.5 Å². The van der Waals surface area contributed by atoms with Crippen molar-refractivity contribution in [2.45, 2.75) is 31.0 Å². The molecule has 1 aromatic carbocycles. The maximum absolute atomic E-state index is 13.1. The van der Waals surface area contributed by atoms with Gasteiger partial charge in [0, 0.05) is 12.1 Å². The van der Waals surface area contributed by atoms with Gasteiger partial charge < -0.3 is 20.1 Å². The smallest absolute Gasteiger partial charge is 0.253 e. The molecule has 1 spiro atoms. The molecule has 0 aromatic heterocycles. The molecule has 2 N–H and O–H groups in total. The number of carbonyl (C=O) groups excluding carboxylic acids is 2. The van der Waals surface area contributed by atoms with Crippen LogP contribution in [0.4, 0.5) is 10.1 Å². The van der Waals surface area contributed by atoms with Gasteiger partial charge >= 0.3 is 0 Å². The summed E-state index contributed by atoms with van der Waals surface area (Å²) in [4.78, 5) is 25.5. The van der Waals surface area contributed by atoms with Crippen molar-refractivity contribution >= 4 is 17.5 Å². The van der Waals surface area contributed by atoms with Gasteiger partial charge in [0.25, 0.3) is 5.91 Å². The molecule has 6 nitrogen and oxygen atoms in total. The fraction of sp³-hybridized carbons (Fsp3) is 0.500. The topological polar surface area (TPSA) is 78.9 Å². The van der Waals surface area contributed by atoms with E-state index in [-0.39, 0.29) is 24.8 Å². The second-order valence-corrected chi connectivity index (χ2v) is 6.05. The fourth-order valence-corrected chi connectivity index (χ4v) is 3.10. The third-order valence-electron chi connectivity index (χ3n) is 4.28. The molecule has 0 bridgehead atoms.